The van der Waals surface area contributed by atoms with Crippen LogP contribution < -0.4 is 5.32 Å². The number of benzene rings is 1. The Morgan fingerprint density at radius 2 is 2.15 bits per heavy atom. The number of pyridine rings is 1. The Morgan fingerprint density at radius 1 is 1.30 bits per heavy atom. The molecule has 0 spiro atoms. The molecule has 0 radical (unpaired) electrons. The molecule has 1 aromatic carbocycles. The lowest BCUT2D eigenvalue weighted by atomic mass is 9.98. The molecular weight excluding hydrogens is 312 g/mol. The van der Waals surface area contributed by atoms with Crippen molar-refractivity contribution in [2.75, 3.05) is 6.54 Å². The fourth-order valence-corrected chi connectivity index (χ4v) is 3.05. The quantitative estimate of drug-likeness (QED) is 0.846. The molecule has 0 aliphatic rings. The number of nitrogens with zero attached hydrogens (tertiary/aromatic N) is 1. The Morgan fingerprint density at radius 3 is 2.80 bits per heavy atom. The van der Waals surface area contributed by atoms with E-state index in [9.17, 15) is 0 Å². The zero-order valence-corrected chi connectivity index (χ0v) is 13.7. The van der Waals surface area contributed by atoms with E-state index in [0.717, 1.165) is 19.4 Å². The summed E-state index contributed by atoms with van der Waals surface area (Å²) in [5.41, 5.74) is 3.85. The Labute approximate surface area is 129 Å². The lowest BCUT2D eigenvalue weighted by Gasteiger charge is -2.20. The Balaban J connectivity index is 2.22. The van der Waals surface area contributed by atoms with Crippen molar-refractivity contribution in [3.63, 3.8) is 0 Å². The van der Waals surface area contributed by atoms with Crippen molar-refractivity contribution in [1.29, 1.82) is 0 Å². The van der Waals surface area contributed by atoms with Crippen LogP contribution in [0.5, 0.6) is 0 Å². The van der Waals surface area contributed by atoms with Crippen LogP contribution in [-0.2, 0) is 6.42 Å². The highest BCUT2D eigenvalue weighted by molar-refractivity contribution is 9.10. The molecule has 3 heteroatoms. The minimum absolute atomic E-state index is 0.314. The molecule has 2 nitrogen and oxygen atoms in total. The minimum Gasteiger partial charge on any atom is -0.310 e. The molecule has 1 heterocycles. The Hall–Kier alpha value is -1.19. The van der Waals surface area contributed by atoms with Gasteiger partial charge in [0.25, 0.3) is 0 Å². The molecule has 1 unspecified atom stereocenters. The number of aryl methyl sites for hydroxylation is 1. The van der Waals surface area contributed by atoms with Crippen LogP contribution in [0.3, 0.4) is 0 Å². The molecule has 2 aromatic rings. The van der Waals surface area contributed by atoms with Crippen molar-refractivity contribution in [2.45, 2.75) is 32.7 Å². The third-order valence-corrected chi connectivity index (χ3v) is 4.02. The van der Waals surface area contributed by atoms with Crippen LogP contribution in [0.4, 0.5) is 0 Å². The first kappa shape index (κ1) is 15.2. The van der Waals surface area contributed by atoms with Gasteiger partial charge in [-0.05, 0) is 55.1 Å². The molecule has 20 heavy (non-hydrogen) atoms. The summed E-state index contributed by atoms with van der Waals surface area (Å²) in [6.45, 7) is 5.33. The number of hydrogen-bond donors (Lipinski definition) is 1. The van der Waals surface area contributed by atoms with E-state index in [0.29, 0.717) is 6.04 Å². The molecule has 1 atom stereocenters. The van der Waals surface area contributed by atoms with Gasteiger partial charge in [0.05, 0.1) is 0 Å². The van der Waals surface area contributed by atoms with Crippen LogP contribution in [0.15, 0.2) is 47.2 Å². The van der Waals surface area contributed by atoms with E-state index in [-0.39, 0.29) is 0 Å². The number of hydrogen-bond acceptors (Lipinski definition) is 2. The van der Waals surface area contributed by atoms with Crippen molar-refractivity contribution in [1.82, 2.24) is 10.3 Å². The standard InChI is InChI=1S/C17H21BrN2/c1-3-8-20-17(11-14-5-4-9-19-12-14)15-7-6-13(2)10-16(15)18/h4-7,9-10,12,17,20H,3,8,11H2,1-2H3. The summed E-state index contributed by atoms with van der Waals surface area (Å²) in [4.78, 5) is 4.21. The summed E-state index contributed by atoms with van der Waals surface area (Å²) in [6.07, 6.45) is 5.85. The largest absolute Gasteiger partial charge is 0.310 e. The van der Waals surface area contributed by atoms with E-state index in [1.54, 1.807) is 0 Å². The highest BCUT2D eigenvalue weighted by Gasteiger charge is 2.14. The maximum absolute atomic E-state index is 4.21. The predicted octanol–water partition coefficient (Wildman–Crippen LogP) is 4.44. The fourth-order valence-electron chi connectivity index (χ4n) is 2.28. The van der Waals surface area contributed by atoms with E-state index < -0.39 is 0 Å². The average Bonchev–Trinajstić information content (AvgIpc) is 2.45. The molecule has 2 rings (SSSR count). The Kier molecular flexibility index (Phi) is 5.74. The van der Waals surface area contributed by atoms with Gasteiger partial charge in [-0.25, -0.2) is 0 Å². The molecule has 1 N–H and O–H groups in total. The maximum atomic E-state index is 4.21. The molecule has 0 saturated carbocycles. The highest BCUT2D eigenvalue weighted by Crippen LogP contribution is 2.27. The number of nitrogens with one attached hydrogen (secondary N) is 1. The highest BCUT2D eigenvalue weighted by atomic mass is 79.9. The van der Waals surface area contributed by atoms with Crippen LogP contribution in [0, 0.1) is 6.92 Å². The van der Waals surface area contributed by atoms with E-state index in [1.807, 2.05) is 18.5 Å². The second-order valence-corrected chi connectivity index (χ2v) is 5.95. The summed E-state index contributed by atoms with van der Waals surface area (Å²) < 4.78 is 1.18. The molecular formula is C17H21BrN2. The average molecular weight is 333 g/mol. The second-order valence-electron chi connectivity index (χ2n) is 5.10. The third-order valence-electron chi connectivity index (χ3n) is 3.33. The molecule has 0 amide bonds. The summed E-state index contributed by atoms with van der Waals surface area (Å²) >= 11 is 3.70. The first-order valence-corrected chi connectivity index (χ1v) is 7.88. The van der Waals surface area contributed by atoms with Crippen molar-refractivity contribution in [3.05, 3.63) is 63.9 Å². The van der Waals surface area contributed by atoms with E-state index in [2.05, 4.69) is 64.3 Å². The SMILES string of the molecule is CCCNC(Cc1cccnc1)c1ccc(C)cc1Br. The number of halogens is 1. The monoisotopic (exact) mass is 332 g/mol. The van der Waals surface area contributed by atoms with Crippen LogP contribution in [-0.4, -0.2) is 11.5 Å². The maximum Gasteiger partial charge on any atom is 0.0372 e. The molecule has 0 aliphatic heterocycles. The molecule has 106 valence electrons. The summed E-state index contributed by atoms with van der Waals surface area (Å²) in [5, 5.41) is 3.64. The van der Waals surface area contributed by atoms with Gasteiger partial charge >= 0.3 is 0 Å². The predicted molar refractivity (Wildman–Crippen MR) is 87.9 cm³/mol. The first-order chi connectivity index (χ1) is 9.70. The van der Waals surface area contributed by atoms with Crippen LogP contribution in [0.1, 0.15) is 36.1 Å². The topological polar surface area (TPSA) is 24.9 Å². The molecule has 0 saturated heterocycles. The van der Waals surface area contributed by atoms with Crippen molar-refractivity contribution in [3.8, 4) is 0 Å². The van der Waals surface area contributed by atoms with E-state index >= 15 is 0 Å². The van der Waals surface area contributed by atoms with E-state index in [1.165, 1.54) is 21.2 Å². The smallest absolute Gasteiger partial charge is 0.0372 e. The molecule has 0 aliphatic carbocycles. The van der Waals surface area contributed by atoms with Gasteiger partial charge in [-0.3, -0.25) is 4.98 Å². The summed E-state index contributed by atoms with van der Waals surface area (Å²) in [7, 11) is 0. The summed E-state index contributed by atoms with van der Waals surface area (Å²) in [5.74, 6) is 0. The van der Waals surface area contributed by atoms with Gasteiger partial charge in [-0.15, -0.1) is 0 Å². The lowest BCUT2D eigenvalue weighted by molar-refractivity contribution is 0.527. The second kappa shape index (κ2) is 7.55. The fraction of sp³-hybridized carbons (Fsp3) is 0.353. The minimum atomic E-state index is 0.314. The Bertz CT molecular complexity index is 540. The van der Waals surface area contributed by atoms with Gasteiger partial charge in [-0.2, -0.15) is 0 Å². The molecule has 0 bridgehead atoms. The lowest BCUT2D eigenvalue weighted by Crippen LogP contribution is -2.24. The normalized spacial score (nSPS) is 12.3. The first-order valence-electron chi connectivity index (χ1n) is 7.09. The van der Waals surface area contributed by atoms with Crippen molar-refractivity contribution >= 4 is 15.9 Å². The van der Waals surface area contributed by atoms with Gasteiger partial charge < -0.3 is 5.32 Å². The van der Waals surface area contributed by atoms with E-state index in [4.69, 9.17) is 0 Å². The van der Waals surface area contributed by atoms with Gasteiger partial charge in [0, 0.05) is 22.9 Å². The number of aromatic nitrogens is 1. The van der Waals surface area contributed by atoms with Crippen LogP contribution in [0.25, 0.3) is 0 Å². The number of rotatable bonds is 6. The van der Waals surface area contributed by atoms with Gasteiger partial charge in [0.15, 0.2) is 0 Å². The van der Waals surface area contributed by atoms with Crippen molar-refractivity contribution < 1.29 is 0 Å². The van der Waals surface area contributed by atoms with Crippen LogP contribution in [0.2, 0.25) is 0 Å². The third kappa shape index (κ3) is 4.15. The zero-order chi connectivity index (χ0) is 14.4. The van der Waals surface area contributed by atoms with Gasteiger partial charge in [-0.1, -0.05) is 41.1 Å². The molecule has 0 fully saturated rings. The zero-order valence-electron chi connectivity index (χ0n) is 12.1. The van der Waals surface area contributed by atoms with Gasteiger partial charge in [0.1, 0.15) is 0 Å². The van der Waals surface area contributed by atoms with Gasteiger partial charge in [0.2, 0.25) is 0 Å². The van der Waals surface area contributed by atoms with Crippen molar-refractivity contribution in [2.24, 2.45) is 0 Å². The van der Waals surface area contributed by atoms with Crippen LogP contribution >= 0.6 is 15.9 Å². The molecule has 1 aromatic heterocycles. The summed E-state index contributed by atoms with van der Waals surface area (Å²) in [6, 6.07) is 11.0.